The zero-order chi connectivity index (χ0) is 13.0. The number of hydrogen-bond donors (Lipinski definition) is 0. The van der Waals surface area contributed by atoms with Crippen LogP contribution >= 0.6 is 0 Å². The average molecular weight is 236 g/mol. The molecule has 0 aromatic heterocycles. The van der Waals surface area contributed by atoms with Crippen LogP contribution in [-0.2, 0) is 9.59 Å². The maximum atomic E-state index is 12.5. The summed E-state index contributed by atoms with van der Waals surface area (Å²) in [5, 5.41) is 0. The number of hydrogen-bond acceptors (Lipinski definition) is 2. The molecule has 0 saturated heterocycles. The molecule has 2 aliphatic rings. The molecule has 0 spiro atoms. The van der Waals surface area contributed by atoms with E-state index in [1.54, 1.807) is 0 Å². The van der Waals surface area contributed by atoms with Gasteiger partial charge in [-0.2, -0.15) is 0 Å². The zero-order valence-electron chi connectivity index (χ0n) is 11.6. The van der Waals surface area contributed by atoms with Gasteiger partial charge in [0.05, 0.1) is 5.92 Å². The van der Waals surface area contributed by atoms with Gasteiger partial charge in [0, 0.05) is 5.92 Å². The predicted molar refractivity (Wildman–Crippen MR) is 67.5 cm³/mol. The third-order valence-corrected chi connectivity index (χ3v) is 6.02. The highest BCUT2D eigenvalue weighted by molar-refractivity contribution is 5.96. The minimum Gasteiger partial charge on any atom is -0.303 e. The quantitative estimate of drug-likeness (QED) is 0.518. The molecule has 2 saturated carbocycles. The summed E-state index contributed by atoms with van der Waals surface area (Å²) in [4.78, 5) is 23.4. The van der Waals surface area contributed by atoms with E-state index in [2.05, 4.69) is 34.6 Å². The lowest BCUT2D eigenvalue weighted by Crippen LogP contribution is -2.41. The Hall–Kier alpha value is -0.660. The second-order valence-electron chi connectivity index (χ2n) is 7.17. The molecule has 0 bridgehead atoms. The molecular formula is C15H24O2. The second-order valence-corrected chi connectivity index (χ2v) is 7.17. The molecule has 2 aliphatic carbocycles. The normalized spacial score (nSPS) is 43.2. The first kappa shape index (κ1) is 12.8. The van der Waals surface area contributed by atoms with E-state index in [-0.39, 0.29) is 28.4 Å². The van der Waals surface area contributed by atoms with E-state index in [0.29, 0.717) is 11.8 Å². The second kappa shape index (κ2) is 3.66. The van der Waals surface area contributed by atoms with Crippen LogP contribution in [0.1, 0.15) is 47.5 Å². The molecule has 96 valence electrons. The van der Waals surface area contributed by atoms with E-state index in [1.807, 2.05) is 0 Å². The van der Waals surface area contributed by atoms with Crippen molar-refractivity contribution >= 4 is 12.1 Å². The van der Waals surface area contributed by atoms with Gasteiger partial charge in [0.1, 0.15) is 12.1 Å². The third-order valence-electron chi connectivity index (χ3n) is 6.02. The molecule has 0 heterocycles. The number of ketones is 1. The maximum absolute atomic E-state index is 12.5. The fourth-order valence-electron chi connectivity index (χ4n) is 4.47. The van der Waals surface area contributed by atoms with Crippen LogP contribution in [0.5, 0.6) is 0 Å². The first-order valence-corrected chi connectivity index (χ1v) is 6.73. The molecule has 0 aliphatic heterocycles. The highest BCUT2D eigenvalue weighted by Crippen LogP contribution is 2.63. The van der Waals surface area contributed by atoms with E-state index in [0.717, 1.165) is 19.1 Å². The molecule has 0 N–H and O–H groups in total. The number of fused-ring (bicyclic) bond motifs is 1. The minimum atomic E-state index is -0.336. The van der Waals surface area contributed by atoms with Gasteiger partial charge in [-0.05, 0) is 35.5 Å². The van der Waals surface area contributed by atoms with Gasteiger partial charge in [-0.25, -0.2) is 0 Å². The molecule has 0 radical (unpaired) electrons. The molecular weight excluding hydrogens is 212 g/mol. The van der Waals surface area contributed by atoms with Crippen LogP contribution < -0.4 is 0 Å². The third kappa shape index (κ3) is 1.52. The number of carbonyl (C=O) groups excluding carboxylic acids is 2. The van der Waals surface area contributed by atoms with Crippen molar-refractivity contribution in [2.75, 3.05) is 0 Å². The summed E-state index contributed by atoms with van der Waals surface area (Å²) in [6, 6.07) is 0. The molecule has 4 unspecified atom stereocenters. The van der Waals surface area contributed by atoms with E-state index >= 15 is 0 Å². The highest BCUT2D eigenvalue weighted by Gasteiger charge is 2.61. The van der Waals surface area contributed by atoms with Crippen molar-refractivity contribution < 1.29 is 9.59 Å². The molecule has 2 fully saturated rings. The smallest absolute Gasteiger partial charge is 0.146 e. The van der Waals surface area contributed by atoms with Crippen LogP contribution in [0.25, 0.3) is 0 Å². The van der Waals surface area contributed by atoms with Crippen LogP contribution in [0.3, 0.4) is 0 Å². The summed E-state index contributed by atoms with van der Waals surface area (Å²) < 4.78 is 0. The van der Waals surface area contributed by atoms with Gasteiger partial charge in [0.2, 0.25) is 0 Å². The van der Waals surface area contributed by atoms with Crippen molar-refractivity contribution in [2.24, 2.45) is 34.5 Å². The molecule has 2 heteroatoms. The van der Waals surface area contributed by atoms with Gasteiger partial charge in [0.15, 0.2) is 0 Å². The van der Waals surface area contributed by atoms with Crippen LogP contribution in [0.15, 0.2) is 0 Å². The van der Waals surface area contributed by atoms with Crippen molar-refractivity contribution in [3.8, 4) is 0 Å². The summed E-state index contributed by atoms with van der Waals surface area (Å²) in [5.74, 6) is 0.919. The van der Waals surface area contributed by atoms with Crippen molar-refractivity contribution in [1.29, 1.82) is 0 Å². The summed E-state index contributed by atoms with van der Waals surface area (Å²) in [5.41, 5.74) is 0.227. The number of aldehydes is 1. The summed E-state index contributed by atoms with van der Waals surface area (Å²) in [6.07, 6.45) is 2.65. The Balaban J connectivity index is 2.43. The monoisotopic (exact) mass is 236 g/mol. The first-order chi connectivity index (χ1) is 7.74. The highest BCUT2D eigenvalue weighted by atomic mass is 16.1. The molecule has 2 rings (SSSR count). The largest absolute Gasteiger partial charge is 0.303 e. The first-order valence-electron chi connectivity index (χ1n) is 6.73. The van der Waals surface area contributed by atoms with Gasteiger partial charge >= 0.3 is 0 Å². The Labute approximate surface area is 104 Å². The Morgan fingerprint density at radius 2 is 1.71 bits per heavy atom. The van der Waals surface area contributed by atoms with Gasteiger partial charge in [-0.3, -0.25) is 4.79 Å². The average Bonchev–Trinajstić information content (AvgIpc) is 2.39. The lowest BCUT2D eigenvalue weighted by molar-refractivity contribution is -0.138. The van der Waals surface area contributed by atoms with Crippen molar-refractivity contribution in [2.45, 2.75) is 47.5 Å². The maximum Gasteiger partial charge on any atom is 0.146 e. The van der Waals surface area contributed by atoms with Crippen LogP contribution in [0.2, 0.25) is 0 Å². The standard InChI is InChI=1S/C15H24O2/c1-9-14(2,3)11-7-6-10(8-16)13(17)12(11)15(9,4)5/h8-12H,6-7H2,1-5H3. The van der Waals surface area contributed by atoms with Crippen molar-refractivity contribution in [3.05, 3.63) is 0 Å². The zero-order valence-corrected chi connectivity index (χ0v) is 11.6. The Kier molecular flexibility index (Phi) is 2.76. The summed E-state index contributed by atoms with van der Waals surface area (Å²) in [7, 11) is 0. The SMILES string of the molecule is CC1C(C)(C)C2CCC(C=O)C(=O)C2C1(C)C. The fourth-order valence-corrected chi connectivity index (χ4v) is 4.47. The van der Waals surface area contributed by atoms with Gasteiger partial charge in [0.25, 0.3) is 0 Å². The minimum absolute atomic E-state index is 0.0208. The molecule has 0 aromatic rings. The Bertz CT molecular complexity index is 354. The molecule has 0 aromatic carbocycles. The number of carbonyl (C=O) groups is 2. The topological polar surface area (TPSA) is 34.1 Å². The summed E-state index contributed by atoms with van der Waals surface area (Å²) >= 11 is 0. The van der Waals surface area contributed by atoms with Crippen molar-refractivity contribution in [3.63, 3.8) is 0 Å². The summed E-state index contributed by atoms with van der Waals surface area (Å²) in [6.45, 7) is 11.3. The van der Waals surface area contributed by atoms with E-state index in [1.165, 1.54) is 0 Å². The Morgan fingerprint density at radius 1 is 1.12 bits per heavy atom. The molecule has 4 atom stereocenters. The van der Waals surface area contributed by atoms with Crippen LogP contribution in [0.4, 0.5) is 0 Å². The van der Waals surface area contributed by atoms with E-state index < -0.39 is 0 Å². The number of rotatable bonds is 1. The molecule has 17 heavy (non-hydrogen) atoms. The Morgan fingerprint density at radius 3 is 2.24 bits per heavy atom. The van der Waals surface area contributed by atoms with Gasteiger partial charge in [-0.15, -0.1) is 0 Å². The molecule has 2 nitrogen and oxygen atoms in total. The predicted octanol–water partition coefficient (Wildman–Crippen LogP) is 3.10. The van der Waals surface area contributed by atoms with Gasteiger partial charge < -0.3 is 4.79 Å². The van der Waals surface area contributed by atoms with Crippen LogP contribution in [-0.4, -0.2) is 12.1 Å². The lowest BCUT2D eigenvalue weighted by Gasteiger charge is -2.37. The lowest BCUT2D eigenvalue weighted by atomic mass is 9.65. The van der Waals surface area contributed by atoms with Crippen LogP contribution in [0, 0.1) is 34.5 Å². The van der Waals surface area contributed by atoms with Gasteiger partial charge in [-0.1, -0.05) is 34.6 Å². The fraction of sp³-hybridized carbons (Fsp3) is 0.867. The van der Waals surface area contributed by atoms with Crippen molar-refractivity contribution in [1.82, 2.24) is 0 Å². The molecule has 0 amide bonds. The number of Topliss-reactive ketones (excluding diaryl/α,β-unsaturated/α-hetero) is 1. The van der Waals surface area contributed by atoms with E-state index in [4.69, 9.17) is 0 Å². The van der Waals surface area contributed by atoms with E-state index in [9.17, 15) is 9.59 Å².